The molecule has 0 unspecified atom stereocenters. The van der Waals surface area contributed by atoms with Gasteiger partial charge >= 0.3 is 11.7 Å². The molecule has 0 bridgehead atoms. The molecule has 0 saturated heterocycles. The van der Waals surface area contributed by atoms with Crippen LogP contribution in [0.15, 0.2) is 66.7 Å². The van der Waals surface area contributed by atoms with Gasteiger partial charge in [0, 0.05) is 11.5 Å². The molecule has 0 heterocycles. The summed E-state index contributed by atoms with van der Waals surface area (Å²) in [6.45, 7) is -0.423. The smallest absolute Gasteiger partial charge is 0.349 e. The Labute approximate surface area is 137 Å². The van der Waals surface area contributed by atoms with Gasteiger partial charge in [0.25, 0.3) is 0 Å². The van der Waals surface area contributed by atoms with Crippen LogP contribution >= 0.6 is 0 Å². The lowest BCUT2D eigenvalue weighted by molar-refractivity contribution is -0.385. The van der Waals surface area contributed by atoms with Gasteiger partial charge in [-0.15, -0.1) is 0 Å². The minimum Gasteiger partial charge on any atom is -0.475 e. The summed E-state index contributed by atoms with van der Waals surface area (Å²) >= 11 is 0. The fraction of sp³-hybridized carbons (Fsp3) is 0.0556. The number of para-hydroxylation sites is 2. The van der Waals surface area contributed by atoms with E-state index in [1.54, 1.807) is 18.2 Å². The molecular formula is C18H13NO5. The van der Waals surface area contributed by atoms with E-state index in [4.69, 9.17) is 9.47 Å². The zero-order valence-electron chi connectivity index (χ0n) is 12.5. The predicted octanol–water partition coefficient (Wildman–Crippen LogP) is 3.73. The van der Waals surface area contributed by atoms with Crippen molar-refractivity contribution in [2.45, 2.75) is 0 Å². The van der Waals surface area contributed by atoms with E-state index < -0.39 is 17.5 Å². The van der Waals surface area contributed by atoms with Crippen LogP contribution < -0.4 is 9.47 Å². The highest BCUT2D eigenvalue weighted by Gasteiger charge is 2.16. The number of carbonyl (C=O) groups excluding carboxylic acids is 1. The van der Waals surface area contributed by atoms with Crippen LogP contribution in [0, 0.1) is 10.1 Å². The summed E-state index contributed by atoms with van der Waals surface area (Å²) in [7, 11) is 0. The van der Waals surface area contributed by atoms with Crippen molar-refractivity contribution in [1.82, 2.24) is 0 Å². The molecule has 3 rings (SSSR count). The highest BCUT2D eigenvalue weighted by Crippen LogP contribution is 2.27. The van der Waals surface area contributed by atoms with Crippen molar-refractivity contribution >= 4 is 22.4 Å². The Morgan fingerprint density at radius 1 is 0.917 bits per heavy atom. The van der Waals surface area contributed by atoms with Gasteiger partial charge in [0.05, 0.1) is 4.92 Å². The number of ether oxygens (including phenoxy) is 2. The molecule has 0 atom stereocenters. The van der Waals surface area contributed by atoms with E-state index in [0.29, 0.717) is 5.75 Å². The number of carbonyl (C=O) groups is 1. The number of hydrogen-bond acceptors (Lipinski definition) is 5. The molecular weight excluding hydrogens is 310 g/mol. The van der Waals surface area contributed by atoms with Crippen molar-refractivity contribution < 1.29 is 19.2 Å². The topological polar surface area (TPSA) is 78.7 Å². The molecule has 0 fully saturated rings. The van der Waals surface area contributed by atoms with Crippen LogP contribution in [0.1, 0.15) is 0 Å². The minimum atomic E-state index is -0.635. The van der Waals surface area contributed by atoms with Crippen molar-refractivity contribution in [2.24, 2.45) is 0 Å². The number of benzene rings is 3. The van der Waals surface area contributed by atoms with Gasteiger partial charge in [0.15, 0.2) is 12.4 Å². The maximum absolute atomic E-state index is 12.0. The average Bonchev–Trinajstić information content (AvgIpc) is 2.60. The van der Waals surface area contributed by atoms with Crippen LogP contribution in [0.25, 0.3) is 10.8 Å². The lowest BCUT2D eigenvalue weighted by atomic mass is 10.1. The Morgan fingerprint density at radius 3 is 2.42 bits per heavy atom. The van der Waals surface area contributed by atoms with Crippen LogP contribution in [0.4, 0.5) is 5.69 Å². The predicted molar refractivity (Wildman–Crippen MR) is 88.2 cm³/mol. The molecule has 0 aliphatic rings. The van der Waals surface area contributed by atoms with Gasteiger partial charge in [-0.1, -0.05) is 48.5 Å². The Bertz CT molecular complexity index is 901. The number of hydrogen-bond donors (Lipinski definition) is 0. The zero-order chi connectivity index (χ0) is 16.9. The Balaban J connectivity index is 1.71. The number of nitro groups is 1. The third-order valence-corrected chi connectivity index (χ3v) is 3.38. The standard InChI is InChI=1S/C18H13NO5/c20-18(12-23-17-10-4-3-9-15(17)19(21)22)24-16-11-5-7-13-6-1-2-8-14(13)16/h1-11H,12H2. The Morgan fingerprint density at radius 2 is 1.58 bits per heavy atom. The fourth-order valence-corrected chi connectivity index (χ4v) is 2.30. The van der Waals surface area contributed by atoms with Gasteiger partial charge in [-0.2, -0.15) is 0 Å². The Hall–Kier alpha value is -3.41. The maximum atomic E-state index is 12.0. The van der Waals surface area contributed by atoms with Crippen LogP contribution in [0.2, 0.25) is 0 Å². The molecule has 0 amide bonds. The third-order valence-electron chi connectivity index (χ3n) is 3.38. The molecule has 0 aromatic heterocycles. The molecule has 6 heteroatoms. The van der Waals surface area contributed by atoms with Gasteiger partial charge in [0.1, 0.15) is 5.75 Å². The first-order valence-electron chi connectivity index (χ1n) is 7.20. The third kappa shape index (κ3) is 3.33. The van der Waals surface area contributed by atoms with E-state index in [0.717, 1.165) is 10.8 Å². The van der Waals surface area contributed by atoms with E-state index in [1.165, 1.54) is 18.2 Å². The first-order chi connectivity index (χ1) is 11.6. The molecule has 24 heavy (non-hydrogen) atoms. The molecule has 0 saturated carbocycles. The lowest BCUT2D eigenvalue weighted by Gasteiger charge is -2.09. The normalized spacial score (nSPS) is 10.3. The van der Waals surface area contributed by atoms with Gasteiger partial charge in [0.2, 0.25) is 0 Å². The monoisotopic (exact) mass is 323 g/mol. The molecule has 0 aliphatic heterocycles. The number of esters is 1. The van der Waals surface area contributed by atoms with Crippen molar-refractivity contribution in [2.75, 3.05) is 6.61 Å². The fourth-order valence-electron chi connectivity index (χ4n) is 2.30. The average molecular weight is 323 g/mol. The summed E-state index contributed by atoms with van der Waals surface area (Å²) in [6, 6.07) is 18.8. The van der Waals surface area contributed by atoms with Crippen LogP contribution in [-0.4, -0.2) is 17.5 Å². The van der Waals surface area contributed by atoms with Crippen molar-refractivity contribution in [3.8, 4) is 11.5 Å². The molecule has 120 valence electrons. The van der Waals surface area contributed by atoms with E-state index in [1.807, 2.05) is 30.3 Å². The first-order valence-corrected chi connectivity index (χ1v) is 7.20. The summed E-state index contributed by atoms with van der Waals surface area (Å²) < 4.78 is 10.5. The quantitative estimate of drug-likeness (QED) is 0.309. The molecule has 3 aromatic carbocycles. The first kappa shape index (κ1) is 15.5. The van der Waals surface area contributed by atoms with Gasteiger partial charge in [-0.25, -0.2) is 4.79 Å². The molecule has 0 radical (unpaired) electrons. The van der Waals surface area contributed by atoms with Gasteiger partial charge < -0.3 is 9.47 Å². The summed E-state index contributed by atoms with van der Waals surface area (Å²) in [4.78, 5) is 22.3. The zero-order valence-corrected chi connectivity index (χ0v) is 12.5. The van der Waals surface area contributed by atoms with E-state index in [9.17, 15) is 14.9 Å². The second-order valence-electron chi connectivity index (χ2n) is 4.96. The number of nitrogens with zero attached hydrogens (tertiary/aromatic N) is 1. The molecule has 3 aromatic rings. The highest BCUT2D eigenvalue weighted by molar-refractivity contribution is 5.90. The highest BCUT2D eigenvalue weighted by atomic mass is 16.6. The summed E-state index contributed by atoms with van der Waals surface area (Å²) in [5.74, 6) is -0.189. The SMILES string of the molecule is O=C(COc1ccccc1[N+](=O)[O-])Oc1cccc2ccccc12. The summed E-state index contributed by atoms with van der Waals surface area (Å²) in [5.41, 5.74) is -0.199. The second-order valence-corrected chi connectivity index (χ2v) is 4.96. The van der Waals surface area contributed by atoms with Crippen LogP contribution in [0.5, 0.6) is 11.5 Å². The summed E-state index contributed by atoms with van der Waals surface area (Å²) in [5, 5.41) is 12.7. The van der Waals surface area contributed by atoms with Gasteiger partial charge in [-0.05, 0) is 17.5 Å². The van der Waals surface area contributed by atoms with Crippen LogP contribution in [0.3, 0.4) is 0 Å². The van der Waals surface area contributed by atoms with E-state index in [2.05, 4.69) is 0 Å². The number of nitro benzene ring substituents is 1. The second kappa shape index (κ2) is 6.78. The molecule has 0 N–H and O–H groups in total. The van der Waals surface area contributed by atoms with Crippen molar-refractivity contribution in [1.29, 1.82) is 0 Å². The van der Waals surface area contributed by atoms with E-state index >= 15 is 0 Å². The lowest BCUT2D eigenvalue weighted by Crippen LogP contribution is -2.18. The molecule has 0 aliphatic carbocycles. The van der Waals surface area contributed by atoms with Crippen LogP contribution in [-0.2, 0) is 4.79 Å². The Kier molecular flexibility index (Phi) is 4.38. The van der Waals surface area contributed by atoms with E-state index in [-0.39, 0.29) is 11.4 Å². The number of rotatable bonds is 5. The van der Waals surface area contributed by atoms with Crippen molar-refractivity contribution in [3.63, 3.8) is 0 Å². The van der Waals surface area contributed by atoms with Crippen molar-refractivity contribution in [3.05, 3.63) is 76.8 Å². The molecule has 6 nitrogen and oxygen atoms in total. The van der Waals surface area contributed by atoms with Gasteiger partial charge in [-0.3, -0.25) is 10.1 Å². The summed E-state index contributed by atoms with van der Waals surface area (Å²) in [6.07, 6.45) is 0. The molecule has 0 spiro atoms. The minimum absolute atomic E-state index is 0.0253. The largest absolute Gasteiger partial charge is 0.475 e. The number of fused-ring (bicyclic) bond motifs is 1. The maximum Gasteiger partial charge on any atom is 0.349 e.